The zero-order valence-electron chi connectivity index (χ0n) is 15.7. The second-order valence-electron chi connectivity index (χ2n) is 6.54. The van der Waals surface area contributed by atoms with Gasteiger partial charge in [-0.15, -0.1) is 0 Å². The zero-order chi connectivity index (χ0) is 18.8. The molecule has 0 unspecified atom stereocenters. The van der Waals surface area contributed by atoms with Gasteiger partial charge in [-0.1, -0.05) is 19.1 Å². The minimum absolute atomic E-state index is 0.0857. The van der Waals surface area contributed by atoms with Gasteiger partial charge < -0.3 is 5.32 Å². The Morgan fingerprint density at radius 1 is 1.11 bits per heavy atom. The van der Waals surface area contributed by atoms with Crippen molar-refractivity contribution in [2.75, 3.05) is 5.32 Å². The van der Waals surface area contributed by atoms with Crippen molar-refractivity contribution in [1.29, 1.82) is 0 Å². The summed E-state index contributed by atoms with van der Waals surface area (Å²) in [6.45, 7) is 4.25. The van der Waals surface area contributed by atoms with Crippen molar-refractivity contribution in [3.8, 4) is 5.69 Å². The molecule has 3 heterocycles. The largest absolute Gasteiger partial charge is 0.363 e. The van der Waals surface area contributed by atoms with Crippen LogP contribution in [0.25, 0.3) is 16.7 Å². The Balaban J connectivity index is 1.61. The number of anilines is 1. The van der Waals surface area contributed by atoms with Crippen molar-refractivity contribution in [2.24, 2.45) is 7.05 Å². The van der Waals surface area contributed by atoms with Crippen molar-refractivity contribution in [3.63, 3.8) is 0 Å². The van der Waals surface area contributed by atoms with E-state index in [1.807, 2.05) is 25.4 Å². The third kappa shape index (κ3) is 3.38. The average molecular weight is 362 g/mol. The Morgan fingerprint density at radius 3 is 2.63 bits per heavy atom. The van der Waals surface area contributed by atoms with Crippen LogP contribution in [0.5, 0.6) is 0 Å². The van der Waals surface area contributed by atoms with Gasteiger partial charge in [-0.05, 0) is 31.0 Å². The number of nitrogens with zero attached hydrogens (tertiary/aromatic N) is 7. The van der Waals surface area contributed by atoms with E-state index in [2.05, 4.69) is 51.5 Å². The Bertz CT molecular complexity index is 1030. The van der Waals surface area contributed by atoms with Gasteiger partial charge in [0.2, 0.25) is 0 Å². The van der Waals surface area contributed by atoms with Crippen molar-refractivity contribution in [2.45, 2.75) is 32.7 Å². The number of aryl methyl sites for hydroxylation is 2. The van der Waals surface area contributed by atoms with E-state index in [1.165, 1.54) is 6.33 Å². The molecule has 0 radical (unpaired) electrons. The zero-order valence-corrected chi connectivity index (χ0v) is 15.7. The molecule has 0 fully saturated rings. The molecule has 4 rings (SSSR count). The van der Waals surface area contributed by atoms with E-state index in [0.717, 1.165) is 46.8 Å². The Kier molecular flexibility index (Phi) is 4.53. The first-order chi connectivity index (χ1) is 13.2. The lowest BCUT2D eigenvalue weighted by Crippen LogP contribution is -2.10. The molecule has 8 heteroatoms. The van der Waals surface area contributed by atoms with Crippen molar-refractivity contribution < 1.29 is 0 Å². The van der Waals surface area contributed by atoms with Crippen LogP contribution >= 0.6 is 0 Å². The standard InChI is InChI=1S/C19H22N8/c1-4-5-17-24-18(16-10-21-26(3)19(16)25-17)23-13(2)14-6-8-15(9-7-14)27-12-20-11-22-27/h6-13H,4-5H2,1-3H3,(H,23,24,25)/t13-/m0/s1. The van der Waals surface area contributed by atoms with Gasteiger partial charge in [-0.25, -0.2) is 19.6 Å². The molecule has 1 atom stereocenters. The summed E-state index contributed by atoms with van der Waals surface area (Å²) < 4.78 is 3.53. The Labute approximate surface area is 157 Å². The molecule has 0 saturated carbocycles. The van der Waals surface area contributed by atoms with E-state index in [1.54, 1.807) is 15.7 Å². The van der Waals surface area contributed by atoms with Gasteiger partial charge in [0.25, 0.3) is 0 Å². The van der Waals surface area contributed by atoms with Gasteiger partial charge >= 0.3 is 0 Å². The molecular formula is C19H22N8. The number of fused-ring (bicyclic) bond motifs is 1. The second-order valence-corrected chi connectivity index (χ2v) is 6.54. The van der Waals surface area contributed by atoms with E-state index in [0.29, 0.717) is 0 Å². The van der Waals surface area contributed by atoms with Gasteiger partial charge in [-0.2, -0.15) is 10.2 Å². The van der Waals surface area contributed by atoms with E-state index in [4.69, 9.17) is 4.98 Å². The molecule has 138 valence electrons. The summed E-state index contributed by atoms with van der Waals surface area (Å²) in [6.07, 6.45) is 6.87. The van der Waals surface area contributed by atoms with Crippen LogP contribution in [0.4, 0.5) is 5.82 Å². The van der Waals surface area contributed by atoms with Gasteiger partial charge in [-0.3, -0.25) is 4.68 Å². The first-order valence-electron chi connectivity index (χ1n) is 9.06. The molecule has 1 N–H and O–H groups in total. The van der Waals surface area contributed by atoms with Crippen LogP contribution in [0.15, 0.2) is 43.1 Å². The maximum Gasteiger partial charge on any atom is 0.163 e. The van der Waals surface area contributed by atoms with Gasteiger partial charge in [0.05, 0.1) is 17.3 Å². The summed E-state index contributed by atoms with van der Waals surface area (Å²) in [4.78, 5) is 13.4. The van der Waals surface area contributed by atoms with Crippen molar-refractivity contribution >= 4 is 16.9 Å². The Hall–Kier alpha value is -3.29. The molecule has 0 saturated heterocycles. The highest BCUT2D eigenvalue weighted by molar-refractivity contribution is 5.86. The molecule has 0 bridgehead atoms. The normalized spacial score (nSPS) is 12.4. The SMILES string of the molecule is CCCc1nc(N[C@@H](C)c2ccc(-n3cncn3)cc2)c2cnn(C)c2n1. The summed E-state index contributed by atoms with van der Waals surface area (Å²) in [7, 11) is 1.90. The minimum Gasteiger partial charge on any atom is -0.363 e. The first kappa shape index (κ1) is 17.1. The monoisotopic (exact) mass is 362 g/mol. The minimum atomic E-state index is 0.0857. The van der Waals surface area contributed by atoms with Crippen LogP contribution in [0.1, 0.15) is 37.7 Å². The predicted octanol–water partition coefficient (Wildman–Crippen LogP) is 3.07. The number of nitrogens with one attached hydrogen (secondary N) is 1. The smallest absolute Gasteiger partial charge is 0.163 e. The summed E-state index contributed by atoms with van der Waals surface area (Å²) in [6, 6.07) is 8.32. The van der Waals surface area contributed by atoms with Crippen LogP contribution in [-0.2, 0) is 13.5 Å². The van der Waals surface area contributed by atoms with Crippen molar-refractivity contribution in [3.05, 3.63) is 54.5 Å². The van der Waals surface area contributed by atoms with E-state index < -0.39 is 0 Å². The highest BCUT2D eigenvalue weighted by atomic mass is 15.3. The molecular weight excluding hydrogens is 340 g/mol. The summed E-state index contributed by atoms with van der Waals surface area (Å²) >= 11 is 0. The van der Waals surface area contributed by atoms with Crippen LogP contribution in [0.3, 0.4) is 0 Å². The molecule has 0 amide bonds. The lowest BCUT2D eigenvalue weighted by molar-refractivity contribution is 0.771. The molecule has 0 spiro atoms. The van der Waals surface area contributed by atoms with E-state index in [-0.39, 0.29) is 6.04 Å². The van der Waals surface area contributed by atoms with Gasteiger partial charge in [0.1, 0.15) is 24.3 Å². The third-order valence-electron chi connectivity index (χ3n) is 4.54. The summed E-state index contributed by atoms with van der Waals surface area (Å²) in [5.74, 6) is 1.66. The topological polar surface area (TPSA) is 86.3 Å². The van der Waals surface area contributed by atoms with Gasteiger partial charge in [0.15, 0.2) is 5.65 Å². The molecule has 0 aliphatic carbocycles. The van der Waals surface area contributed by atoms with Crippen LogP contribution in [0, 0.1) is 0 Å². The molecule has 4 aromatic rings. The molecule has 0 aliphatic rings. The fraction of sp³-hybridized carbons (Fsp3) is 0.316. The molecule has 8 nitrogen and oxygen atoms in total. The molecule has 1 aromatic carbocycles. The number of benzene rings is 1. The summed E-state index contributed by atoms with van der Waals surface area (Å²) in [5, 5.41) is 13.0. The third-order valence-corrected chi connectivity index (χ3v) is 4.54. The molecule has 3 aromatic heterocycles. The fourth-order valence-corrected chi connectivity index (χ4v) is 3.06. The fourth-order valence-electron chi connectivity index (χ4n) is 3.06. The summed E-state index contributed by atoms with van der Waals surface area (Å²) in [5.41, 5.74) is 2.99. The van der Waals surface area contributed by atoms with Crippen LogP contribution in [-0.4, -0.2) is 34.5 Å². The van der Waals surface area contributed by atoms with Crippen LogP contribution < -0.4 is 5.32 Å². The number of aromatic nitrogens is 7. The van der Waals surface area contributed by atoms with E-state index in [9.17, 15) is 0 Å². The number of rotatable bonds is 6. The van der Waals surface area contributed by atoms with E-state index >= 15 is 0 Å². The van der Waals surface area contributed by atoms with Crippen LogP contribution in [0.2, 0.25) is 0 Å². The first-order valence-corrected chi connectivity index (χ1v) is 9.06. The molecule has 0 aliphatic heterocycles. The quantitative estimate of drug-likeness (QED) is 0.567. The highest BCUT2D eigenvalue weighted by Gasteiger charge is 2.14. The number of hydrogen-bond donors (Lipinski definition) is 1. The molecule has 27 heavy (non-hydrogen) atoms. The van der Waals surface area contributed by atoms with Crippen molar-refractivity contribution in [1.82, 2.24) is 34.5 Å². The lowest BCUT2D eigenvalue weighted by atomic mass is 10.1. The second kappa shape index (κ2) is 7.14. The lowest BCUT2D eigenvalue weighted by Gasteiger charge is -2.16. The average Bonchev–Trinajstić information content (AvgIpc) is 3.33. The maximum atomic E-state index is 4.73. The maximum absolute atomic E-state index is 4.73. The number of hydrogen-bond acceptors (Lipinski definition) is 6. The Morgan fingerprint density at radius 2 is 1.93 bits per heavy atom. The highest BCUT2D eigenvalue weighted by Crippen LogP contribution is 2.25. The predicted molar refractivity (Wildman–Crippen MR) is 104 cm³/mol. The van der Waals surface area contributed by atoms with Gasteiger partial charge in [0, 0.05) is 19.5 Å².